The second-order valence-electron chi connectivity index (χ2n) is 1.18. The van der Waals surface area contributed by atoms with Crippen molar-refractivity contribution in [3.8, 4) is 0 Å². The van der Waals surface area contributed by atoms with Gasteiger partial charge in [0.05, 0.1) is 0 Å². The molecule has 0 saturated heterocycles. The van der Waals surface area contributed by atoms with Crippen molar-refractivity contribution >= 4 is 11.9 Å². The summed E-state index contributed by atoms with van der Waals surface area (Å²) in [5, 5.41) is 0. The molecular formula is C4H6F3NS. The Hall–Kier alpha value is -0.160. The molecule has 0 spiro atoms. The molecule has 0 bridgehead atoms. The van der Waals surface area contributed by atoms with Crippen LogP contribution in [0.15, 0.2) is 12.7 Å². The van der Waals surface area contributed by atoms with Crippen molar-refractivity contribution in [1.29, 1.82) is 0 Å². The van der Waals surface area contributed by atoms with Gasteiger partial charge in [-0.15, -0.1) is 6.58 Å². The van der Waals surface area contributed by atoms with Crippen LogP contribution in [0.3, 0.4) is 0 Å². The highest BCUT2D eigenvalue weighted by molar-refractivity contribution is 7.98. The maximum atomic E-state index is 11.2. The van der Waals surface area contributed by atoms with Crippen LogP contribution in [0.1, 0.15) is 0 Å². The lowest BCUT2D eigenvalue weighted by atomic mass is 10.7. The molecule has 1 N–H and O–H groups in total. The van der Waals surface area contributed by atoms with Crippen LogP contribution in [0, 0.1) is 0 Å². The fourth-order valence-electron chi connectivity index (χ4n) is 0.182. The van der Waals surface area contributed by atoms with Crippen LogP contribution >= 0.6 is 11.9 Å². The SMILES string of the molecule is C=CCNSC(F)(F)F. The highest BCUT2D eigenvalue weighted by Gasteiger charge is 2.27. The van der Waals surface area contributed by atoms with Crippen molar-refractivity contribution in [3.63, 3.8) is 0 Å². The minimum Gasteiger partial charge on any atom is -0.253 e. The van der Waals surface area contributed by atoms with Gasteiger partial charge in [-0.1, -0.05) is 6.08 Å². The maximum absolute atomic E-state index is 11.2. The third-order valence-electron chi connectivity index (χ3n) is 0.416. The molecule has 0 aliphatic rings. The first kappa shape index (κ1) is 8.84. The monoisotopic (exact) mass is 157 g/mol. The molecule has 1 nitrogen and oxygen atoms in total. The lowest BCUT2D eigenvalue weighted by Crippen LogP contribution is -2.12. The van der Waals surface area contributed by atoms with E-state index in [0.29, 0.717) is 0 Å². The lowest BCUT2D eigenvalue weighted by Gasteiger charge is -2.03. The smallest absolute Gasteiger partial charge is 0.253 e. The van der Waals surface area contributed by atoms with E-state index >= 15 is 0 Å². The largest absolute Gasteiger partial charge is 0.456 e. The Morgan fingerprint density at radius 2 is 2.11 bits per heavy atom. The summed E-state index contributed by atoms with van der Waals surface area (Å²) in [6.07, 6.45) is 1.36. The third-order valence-corrected chi connectivity index (χ3v) is 0.958. The molecule has 0 heterocycles. The summed E-state index contributed by atoms with van der Waals surface area (Å²) < 4.78 is 35.8. The van der Waals surface area contributed by atoms with E-state index in [2.05, 4.69) is 6.58 Å². The summed E-state index contributed by atoms with van der Waals surface area (Å²) >= 11 is -0.263. The van der Waals surface area contributed by atoms with Gasteiger partial charge >= 0.3 is 5.51 Å². The Morgan fingerprint density at radius 1 is 1.56 bits per heavy atom. The number of hydrogen-bond acceptors (Lipinski definition) is 2. The van der Waals surface area contributed by atoms with E-state index in [9.17, 15) is 13.2 Å². The molecule has 0 atom stereocenters. The second-order valence-corrected chi connectivity index (χ2v) is 2.14. The predicted octanol–water partition coefficient (Wildman–Crippen LogP) is 1.93. The standard InChI is InChI=1S/C4H6F3NS/c1-2-3-8-9-4(5,6)7/h2,8H,1,3H2. The maximum Gasteiger partial charge on any atom is 0.456 e. The fourth-order valence-corrected chi connectivity index (χ4v) is 0.547. The molecular weight excluding hydrogens is 151 g/mol. The van der Waals surface area contributed by atoms with E-state index in [0.717, 1.165) is 0 Å². The molecule has 0 radical (unpaired) electrons. The molecule has 5 heteroatoms. The molecule has 0 fully saturated rings. The van der Waals surface area contributed by atoms with E-state index in [1.54, 1.807) is 0 Å². The summed E-state index contributed by atoms with van der Waals surface area (Å²) in [5.74, 6) is 0. The van der Waals surface area contributed by atoms with Gasteiger partial charge in [-0.25, -0.2) is 0 Å². The number of hydrogen-bond donors (Lipinski definition) is 1. The highest BCUT2D eigenvalue weighted by atomic mass is 32.2. The second kappa shape index (κ2) is 3.79. The summed E-state index contributed by atoms with van der Waals surface area (Å²) in [6.45, 7) is 3.39. The molecule has 0 saturated carbocycles. The fraction of sp³-hybridized carbons (Fsp3) is 0.500. The Labute approximate surface area is 55.4 Å². The number of nitrogens with one attached hydrogen (secondary N) is 1. The number of alkyl halides is 3. The quantitative estimate of drug-likeness (QED) is 0.381. The first-order valence-corrected chi connectivity index (χ1v) is 2.96. The van der Waals surface area contributed by atoms with Crippen LogP contribution in [0.4, 0.5) is 13.2 Å². The Morgan fingerprint density at radius 3 is 2.44 bits per heavy atom. The summed E-state index contributed by atoms with van der Waals surface area (Å²) in [6, 6.07) is 0. The topological polar surface area (TPSA) is 12.0 Å². The zero-order valence-electron chi connectivity index (χ0n) is 4.53. The average molecular weight is 157 g/mol. The minimum atomic E-state index is -4.19. The minimum absolute atomic E-state index is 0.157. The average Bonchev–Trinajstić information content (AvgIpc) is 1.63. The zero-order valence-corrected chi connectivity index (χ0v) is 5.35. The van der Waals surface area contributed by atoms with E-state index in [1.807, 2.05) is 4.72 Å². The van der Waals surface area contributed by atoms with Crippen LogP contribution in [-0.4, -0.2) is 12.1 Å². The highest BCUT2D eigenvalue weighted by Crippen LogP contribution is 2.26. The molecule has 0 rings (SSSR count). The van der Waals surface area contributed by atoms with Gasteiger partial charge in [0.25, 0.3) is 0 Å². The van der Waals surface area contributed by atoms with E-state index < -0.39 is 5.51 Å². The molecule has 9 heavy (non-hydrogen) atoms. The van der Waals surface area contributed by atoms with Gasteiger partial charge in [0.1, 0.15) is 0 Å². The Balaban J connectivity index is 3.17. The van der Waals surface area contributed by atoms with Crippen molar-refractivity contribution in [3.05, 3.63) is 12.7 Å². The van der Waals surface area contributed by atoms with Crippen LogP contribution in [-0.2, 0) is 0 Å². The molecule has 0 amide bonds. The van der Waals surface area contributed by atoms with Crippen molar-refractivity contribution in [2.24, 2.45) is 0 Å². The van der Waals surface area contributed by atoms with Gasteiger partial charge in [-0.3, -0.25) is 4.72 Å². The number of halogens is 3. The number of rotatable bonds is 3. The predicted molar refractivity (Wildman–Crippen MR) is 31.8 cm³/mol. The van der Waals surface area contributed by atoms with Crippen molar-refractivity contribution in [1.82, 2.24) is 4.72 Å². The first-order valence-electron chi connectivity index (χ1n) is 2.15. The van der Waals surface area contributed by atoms with Gasteiger partial charge in [0.15, 0.2) is 0 Å². The van der Waals surface area contributed by atoms with Gasteiger partial charge in [0, 0.05) is 18.5 Å². The normalized spacial score (nSPS) is 11.4. The molecule has 0 aromatic carbocycles. The lowest BCUT2D eigenvalue weighted by molar-refractivity contribution is -0.0335. The Bertz CT molecular complexity index is 90.3. The third kappa shape index (κ3) is 7.84. The van der Waals surface area contributed by atoms with Gasteiger partial charge in [0.2, 0.25) is 0 Å². The molecule has 0 aromatic rings. The summed E-state index contributed by atoms with van der Waals surface area (Å²) in [5.41, 5.74) is -4.19. The van der Waals surface area contributed by atoms with Crippen molar-refractivity contribution in [2.75, 3.05) is 6.54 Å². The molecule has 0 aliphatic carbocycles. The Kier molecular flexibility index (Phi) is 3.72. The van der Waals surface area contributed by atoms with E-state index in [-0.39, 0.29) is 18.5 Å². The molecule has 0 unspecified atom stereocenters. The van der Waals surface area contributed by atoms with E-state index in [4.69, 9.17) is 0 Å². The van der Waals surface area contributed by atoms with Gasteiger partial charge < -0.3 is 0 Å². The van der Waals surface area contributed by atoms with Crippen LogP contribution in [0.2, 0.25) is 0 Å². The molecule has 0 aromatic heterocycles. The van der Waals surface area contributed by atoms with Crippen LogP contribution in [0.25, 0.3) is 0 Å². The molecule has 0 aliphatic heterocycles. The van der Waals surface area contributed by atoms with E-state index in [1.165, 1.54) is 6.08 Å². The van der Waals surface area contributed by atoms with Crippen molar-refractivity contribution in [2.45, 2.75) is 5.51 Å². The van der Waals surface area contributed by atoms with Gasteiger partial charge in [-0.05, 0) is 0 Å². The van der Waals surface area contributed by atoms with Gasteiger partial charge in [-0.2, -0.15) is 13.2 Å². The molecule has 54 valence electrons. The van der Waals surface area contributed by atoms with Crippen molar-refractivity contribution < 1.29 is 13.2 Å². The van der Waals surface area contributed by atoms with Crippen LogP contribution in [0.5, 0.6) is 0 Å². The summed E-state index contributed by atoms with van der Waals surface area (Å²) in [7, 11) is 0. The summed E-state index contributed by atoms with van der Waals surface area (Å²) in [4.78, 5) is 0. The van der Waals surface area contributed by atoms with Crippen LogP contribution < -0.4 is 4.72 Å². The first-order chi connectivity index (χ1) is 4.06. The zero-order chi connectivity index (χ0) is 7.33.